The van der Waals surface area contributed by atoms with Crippen LogP contribution in [0.1, 0.15) is 24.8 Å². The monoisotopic (exact) mass is 204 g/mol. The molecule has 0 bridgehead atoms. The summed E-state index contributed by atoms with van der Waals surface area (Å²) in [6, 6.07) is 7.92. The molecule has 0 saturated carbocycles. The fourth-order valence-corrected chi connectivity index (χ4v) is 2.18. The molecule has 80 valence electrons. The molecular formula is C12H16N2O. The number of likely N-dealkylation sites (tertiary alicyclic amines) is 1. The minimum Gasteiger partial charge on any atom is -0.398 e. The largest absolute Gasteiger partial charge is 0.398 e. The van der Waals surface area contributed by atoms with E-state index < -0.39 is 0 Å². The van der Waals surface area contributed by atoms with Gasteiger partial charge in [0.1, 0.15) is 0 Å². The van der Waals surface area contributed by atoms with Crippen molar-refractivity contribution in [1.82, 2.24) is 4.90 Å². The summed E-state index contributed by atoms with van der Waals surface area (Å²) in [4.78, 5) is 13.1. The second-order valence-corrected chi connectivity index (χ2v) is 4.08. The van der Waals surface area contributed by atoms with Gasteiger partial charge >= 0.3 is 0 Å². The van der Waals surface area contributed by atoms with E-state index in [0.29, 0.717) is 5.92 Å². The van der Waals surface area contributed by atoms with Crippen LogP contribution in [0.25, 0.3) is 0 Å². The molecule has 2 N–H and O–H groups in total. The van der Waals surface area contributed by atoms with E-state index >= 15 is 0 Å². The van der Waals surface area contributed by atoms with Gasteiger partial charge in [-0.15, -0.1) is 0 Å². The van der Waals surface area contributed by atoms with Crippen LogP contribution in [0.2, 0.25) is 0 Å². The number of carbonyl (C=O) groups is 1. The Bertz CT molecular complexity index is 376. The van der Waals surface area contributed by atoms with Gasteiger partial charge in [0.15, 0.2) is 0 Å². The first-order valence-electron chi connectivity index (χ1n) is 5.28. The number of hydrogen-bond donors (Lipinski definition) is 1. The van der Waals surface area contributed by atoms with Crippen molar-refractivity contribution >= 4 is 11.6 Å². The third kappa shape index (κ3) is 1.96. The number of amides is 1. The molecule has 1 aliphatic rings. The van der Waals surface area contributed by atoms with E-state index in [1.807, 2.05) is 23.1 Å². The maximum atomic E-state index is 11.2. The number of hydrogen-bond acceptors (Lipinski definition) is 2. The Morgan fingerprint density at radius 3 is 2.80 bits per heavy atom. The second-order valence-electron chi connectivity index (χ2n) is 4.08. The van der Waals surface area contributed by atoms with Gasteiger partial charge in [-0.1, -0.05) is 18.2 Å². The Morgan fingerprint density at radius 1 is 1.47 bits per heavy atom. The van der Waals surface area contributed by atoms with Gasteiger partial charge in [0.2, 0.25) is 5.91 Å². The lowest BCUT2D eigenvalue weighted by atomic mass is 9.97. The Kier molecular flexibility index (Phi) is 2.62. The minimum atomic E-state index is 0.159. The summed E-state index contributed by atoms with van der Waals surface area (Å²) >= 11 is 0. The van der Waals surface area contributed by atoms with Crippen molar-refractivity contribution in [2.24, 2.45) is 0 Å². The summed E-state index contributed by atoms with van der Waals surface area (Å²) in [7, 11) is 0. The summed E-state index contributed by atoms with van der Waals surface area (Å²) in [6.07, 6.45) is 1.02. The third-order valence-electron chi connectivity index (χ3n) is 3.07. The lowest BCUT2D eigenvalue weighted by Gasteiger charge is -2.15. The molecule has 3 heteroatoms. The van der Waals surface area contributed by atoms with Crippen molar-refractivity contribution in [3.63, 3.8) is 0 Å². The first-order valence-corrected chi connectivity index (χ1v) is 5.28. The average Bonchev–Trinajstić information content (AvgIpc) is 2.67. The van der Waals surface area contributed by atoms with Crippen molar-refractivity contribution in [1.29, 1.82) is 0 Å². The highest BCUT2D eigenvalue weighted by Gasteiger charge is 2.26. The Hall–Kier alpha value is -1.51. The number of anilines is 1. The van der Waals surface area contributed by atoms with E-state index in [9.17, 15) is 4.79 Å². The smallest absolute Gasteiger partial charge is 0.219 e. The molecule has 1 fully saturated rings. The zero-order valence-electron chi connectivity index (χ0n) is 8.94. The molecule has 1 amide bonds. The first-order chi connectivity index (χ1) is 7.18. The van der Waals surface area contributed by atoms with Crippen molar-refractivity contribution in [2.45, 2.75) is 19.3 Å². The van der Waals surface area contributed by atoms with Crippen LogP contribution in [-0.2, 0) is 4.79 Å². The quantitative estimate of drug-likeness (QED) is 0.706. The van der Waals surface area contributed by atoms with Crippen molar-refractivity contribution in [3.8, 4) is 0 Å². The number of nitrogens with zero attached hydrogens (tertiary/aromatic N) is 1. The topological polar surface area (TPSA) is 46.3 Å². The Labute approximate surface area is 89.9 Å². The SMILES string of the molecule is CC(=O)N1CCC(c2ccccc2N)C1. The van der Waals surface area contributed by atoms with Crippen LogP contribution < -0.4 is 5.73 Å². The van der Waals surface area contributed by atoms with E-state index in [-0.39, 0.29) is 5.91 Å². The van der Waals surface area contributed by atoms with Crippen molar-refractivity contribution in [2.75, 3.05) is 18.8 Å². The number of carbonyl (C=O) groups excluding carboxylic acids is 1. The Balaban J connectivity index is 2.14. The maximum Gasteiger partial charge on any atom is 0.219 e. The van der Waals surface area contributed by atoms with Crippen LogP contribution in [0.5, 0.6) is 0 Å². The van der Waals surface area contributed by atoms with E-state index in [1.54, 1.807) is 6.92 Å². The van der Waals surface area contributed by atoms with Crippen LogP contribution in [0.3, 0.4) is 0 Å². The maximum absolute atomic E-state index is 11.2. The first kappa shape index (κ1) is 10.0. The molecule has 1 saturated heterocycles. The molecule has 0 spiro atoms. The minimum absolute atomic E-state index is 0.159. The molecule has 1 aliphatic heterocycles. The van der Waals surface area contributed by atoms with Crippen LogP contribution in [0.4, 0.5) is 5.69 Å². The highest BCUT2D eigenvalue weighted by molar-refractivity contribution is 5.73. The zero-order chi connectivity index (χ0) is 10.8. The van der Waals surface area contributed by atoms with Crippen LogP contribution >= 0.6 is 0 Å². The van der Waals surface area contributed by atoms with Crippen molar-refractivity contribution < 1.29 is 4.79 Å². The fraction of sp³-hybridized carbons (Fsp3) is 0.417. The Morgan fingerprint density at radius 2 is 2.20 bits per heavy atom. The van der Waals surface area contributed by atoms with Crippen molar-refractivity contribution in [3.05, 3.63) is 29.8 Å². The predicted molar refractivity (Wildman–Crippen MR) is 60.5 cm³/mol. The zero-order valence-corrected chi connectivity index (χ0v) is 8.94. The predicted octanol–water partition coefficient (Wildman–Crippen LogP) is 1.60. The fourth-order valence-electron chi connectivity index (χ4n) is 2.18. The lowest BCUT2D eigenvalue weighted by molar-refractivity contribution is -0.127. The summed E-state index contributed by atoms with van der Waals surface area (Å²) in [5, 5.41) is 0. The lowest BCUT2D eigenvalue weighted by Crippen LogP contribution is -2.25. The molecule has 0 radical (unpaired) electrons. The highest BCUT2D eigenvalue weighted by atomic mass is 16.2. The molecule has 3 nitrogen and oxygen atoms in total. The van der Waals surface area contributed by atoms with Gasteiger partial charge in [0.25, 0.3) is 0 Å². The molecule has 0 aliphatic carbocycles. The summed E-state index contributed by atoms with van der Waals surface area (Å²) in [6.45, 7) is 3.29. The number of rotatable bonds is 1. The van der Waals surface area contributed by atoms with Gasteiger partial charge in [0.05, 0.1) is 0 Å². The number of benzene rings is 1. The van der Waals surface area contributed by atoms with Crippen LogP contribution in [0.15, 0.2) is 24.3 Å². The summed E-state index contributed by atoms with van der Waals surface area (Å²) in [5.41, 5.74) is 7.94. The molecule has 1 unspecified atom stereocenters. The highest BCUT2D eigenvalue weighted by Crippen LogP contribution is 2.30. The van der Waals surface area contributed by atoms with E-state index in [4.69, 9.17) is 5.73 Å². The molecule has 0 aromatic heterocycles. The average molecular weight is 204 g/mol. The standard InChI is InChI=1S/C12H16N2O/c1-9(15)14-7-6-10(8-14)11-4-2-3-5-12(11)13/h2-5,10H,6-8,13H2,1H3. The van der Waals surface area contributed by atoms with Gasteiger partial charge in [-0.05, 0) is 18.1 Å². The number of nitrogen functional groups attached to an aromatic ring is 1. The molecule has 1 atom stereocenters. The normalized spacial score (nSPS) is 20.6. The van der Waals surface area contributed by atoms with E-state index in [1.165, 1.54) is 5.56 Å². The summed E-state index contributed by atoms with van der Waals surface area (Å²) in [5.74, 6) is 0.571. The molecule has 2 rings (SSSR count). The molecule has 1 heterocycles. The van der Waals surface area contributed by atoms with Crippen LogP contribution in [0, 0.1) is 0 Å². The van der Waals surface area contributed by atoms with Gasteiger partial charge in [0, 0.05) is 31.6 Å². The second kappa shape index (κ2) is 3.93. The third-order valence-corrected chi connectivity index (χ3v) is 3.07. The molecular weight excluding hydrogens is 188 g/mol. The van der Waals surface area contributed by atoms with Crippen LogP contribution in [-0.4, -0.2) is 23.9 Å². The van der Waals surface area contributed by atoms with E-state index in [0.717, 1.165) is 25.2 Å². The summed E-state index contributed by atoms with van der Waals surface area (Å²) < 4.78 is 0. The van der Waals surface area contributed by atoms with Gasteiger partial charge in [-0.3, -0.25) is 4.79 Å². The molecule has 1 aromatic carbocycles. The van der Waals surface area contributed by atoms with Gasteiger partial charge in [-0.25, -0.2) is 0 Å². The van der Waals surface area contributed by atoms with E-state index in [2.05, 4.69) is 6.07 Å². The van der Waals surface area contributed by atoms with Gasteiger partial charge in [-0.2, -0.15) is 0 Å². The van der Waals surface area contributed by atoms with Gasteiger partial charge < -0.3 is 10.6 Å². The molecule has 15 heavy (non-hydrogen) atoms. The number of para-hydroxylation sites is 1. The molecule has 1 aromatic rings. The number of nitrogens with two attached hydrogens (primary N) is 1.